The lowest BCUT2D eigenvalue weighted by atomic mass is 10.0. The van der Waals surface area contributed by atoms with Crippen LogP contribution in [0.1, 0.15) is 53.1 Å². The molecule has 4 aromatic rings. The largest absolute Gasteiger partial charge is 0.480 e. The van der Waals surface area contributed by atoms with Crippen molar-refractivity contribution in [3.63, 3.8) is 0 Å². The van der Waals surface area contributed by atoms with Crippen LogP contribution in [0.25, 0.3) is 11.3 Å². The van der Waals surface area contributed by atoms with Gasteiger partial charge in [0.25, 0.3) is 5.91 Å². The van der Waals surface area contributed by atoms with Crippen LogP contribution in [-0.2, 0) is 0 Å². The van der Waals surface area contributed by atoms with Gasteiger partial charge in [0.1, 0.15) is 11.9 Å². The lowest BCUT2D eigenvalue weighted by Crippen LogP contribution is -2.30. The van der Waals surface area contributed by atoms with Crippen LogP contribution >= 0.6 is 11.6 Å². The number of benzene rings is 2. The van der Waals surface area contributed by atoms with E-state index in [-0.39, 0.29) is 28.8 Å². The summed E-state index contributed by atoms with van der Waals surface area (Å²) in [5.41, 5.74) is 9.98. The molecule has 2 N–H and O–H groups in total. The molecular formula is C27H22ClFN6O2. The third-order valence-electron chi connectivity index (χ3n) is 6.34. The molecule has 0 spiro atoms. The number of nitrogen functional groups attached to an aromatic ring is 1. The first-order valence-corrected chi connectivity index (χ1v) is 11.8. The molecule has 5 rings (SSSR count). The smallest absolute Gasteiger partial charge is 0.261 e. The average Bonchev–Trinajstić information content (AvgIpc) is 3.41. The van der Waals surface area contributed by atoms with E-state index >= 15 is 0 Å². The summed E-state index contributed by atoms with van der Waals surface area (Å²) in [6, 6.07) is 14.5. The number of aromatic nitrogens is 3. The number of methoxy groups -OCH3 is 1. The summed E-state index contributed by atoms with van der Waals surface area (Å²) in [4.78, 5) is 23.9. The van der Waals surface area contributed by atoms with Crippen LogP contribution in [-0.4, -0.2) is 27.6 Å². The summed E-state index contributed by atoms with van der Waals surface area (Å²) in [7, 11) is 1.49. The first kappa shape index (κ1) is 24.3. The van der Waals surface area contributed by atoms with Crippen molar-refractivity contribution in [2.24, 2.45) is 0 Å². The highest BCUT2D eigenvalue weighted by Crippen LogP contribution is 2.47. The molecule has 0 saturated carbocycles. The van der Waals surface area contributed by atoms with E-state index in [4.69, 9.17) is 22.1 Å². The third-order valence-corrected chi connectivity index (χ3v) is 6.63. The van der Waals surface area contributed by atoms with Gasteiger partial charge in [-0.2, -0.15) is 10.2 Å². The van der Waals surface area contributed by atoms with Gasteiger partial charge in [0.05, 0.1) is 46.3 Å². The Morgan fingerprint density at radius 1 is 1.16 bits per heavy atom. The molecule has 8 nitrogen and oxygen atoms in total. The highest BCUT2D eigenvalue weighted by molar-refractivity contribution is 6.31. The number of hydrogen-bond acceptors (Lipinski definition) is 6. The normalized spacial score (nSPS) is 14.7. The zero-order chi connectivity index (χ0) is 26.4. The number of rotatable bonds is 5. The Bertz CT molecular complexity index is 1580. The molecule has 0 fully saturated rings. The van der Waals surface area contributed by atoms with Gasteiger partial charge in [-0.3, -0.25) is 9.69 Å². The van der Waals surface area contributed by atoms with Crippen molar-refractivity contribution in [3.05, 3.63) is 88.0 Å². The van der Waals surface area contributed by atoms with E-state index in [2.05, 4.69) is 16.0 Å². The summed E-state index contributed by atoms with van der Waals surface area (Å²) in [6.07, 6.45) is 1.57. The molecule has 3 heterocycles. The quantitative estimate of drug-likeness (QED) is 0.373. The summed E-state index contributed by atoms with van der Waals surface area (Å²) < 4.78 is 21.5. The molecule has 37 heavy (non-hydrogen) atoms. The highest BCUT2D eigenvalue weighted by atomic mass is 35.5. The number of nitrogens with two attached hydrogens (primary N) is 1. The molecular weight excluding hydrogens is 495 g/mol. The lowest BCUT2D eigenvalue weighted by Gasteiger charge is -2.29. The maximum atomic E-state index is 14.0. The fourth-order valence-electron chi connectivity index (χ4n) is 4.78. The third kappa shape index (κ3) is 3.96. The second-order valence-electron chi connectivity index (χ2n) is 8.85. The zero-order valence-corrected chi connectivity index (χ0v) is 21.0. The Hall–Kier alpha value is -4.42. The molecule has 0 bridgehead atoms. The fraction of sp³-hybridized carbons (Fsp3) is 0.185. The monoisotopic (exact) mass is 516 g/mol. The average molecular weight is 517 g/mol. The van der Waals surface area contributed by atoms with Crippen molar-refractivity contribution < 1.29 is 13.9 Å². The van der Waals surface area contributed by atoms with Gasteiger partial charge >= 0.3 is 0 Å². The second kappa shape index (κ2) is 9.22. The minimum Gasteiger partial charge on any atom is -0.480 e. The van der Waals surface area contributed by atoms with Gasteiger partial charge < -0.3 is 15.0 Å². The van der Waals surface area contributed by atoms with Gasteiger partial charge in [0, 0.05) is 17.9 Å². The number of amides is 1. The summed E-state index contributed by atoms with van der Waals surface area (Å²) in [6.45, 7) is 4.01. The Kier molecular flexibility index (Phi) is 6.05. The van der Waals surface area contributed by atoms with Crippen LogP contribution in [0.5, 0.6) is 5.88 Å². The van der Waals surface area contributed by atoms with Crippen LogP contribution in [0.3, 0.4) is 0 Å². The van der Waals surface area contributed by atoms with Gasteiger partial charge in [-0.15, -0.1) is 0 Å². The molecule has 0 unspecified atom stereocenters. The van der Waals surface area contributed by atoms with E-state index < -0.39 is 11.9 Å². The molecule has 0 radical (unpaired) electrons. The van der Waals surface area contributed by atoms with E-state index in [0.717, 1.165) is 11.3 Å². The van der Waals surface area contributed by atoms with Crippen molar-refractivity contribution in [1.82, 2.24) is 14.5 Å². The first-order chi connectivity index (χ1) is 17.7. The molecule has 0 saturated heterocycles. The lowest BCUT2D eigenvalue weighted by molar-refractivity contribution is 0.0993. The minimum atomic E-state index is -0.575. The number of hydrogen-bond donors (Lipinski definition) is 1. The van der Waals surface area contributed by atoms with Crippen molar-refractivity contribution in [2.75, 3.05) is 17.7 Å². The number of ether oxygens (including phenoxy) is 1. The summed E-state index contributed by atoms with van der Waals surface area (Å²) in [5, 5.41) is 9.21. The topological polar surface area (TPSA) is 110 Å². The zero-order valence-electron chi connectivity index (χ0n) is 20.2. The number of anilines is 2. The van der Waals surface area contributed by atoms with Crippen LogP contribution in [0.4, 0.5) is 16.0 Å². The van der Waals surface area contributed by atoms with Crippen molar-refractivity contribution in [3.8, 4) is 23.2 Å². The van der Waals surface area contributed by atoms with Gasteiger partial charge in [0.15, 0.2) is 0 Å². The number of carbonyl (C=O) groups is 1. The molecule has 1 aliphatic heterocycles. The number of nitrogens with zero attached hydrogens (tertiary/aromatic N) is 5. The molecule has 2 aromatic heterocycles. The molecule has 10 heteroatoms. The van der Waals surface area contributed by atoms with Crippen LogP contribution in [0, 0.1) is 17.1 Å². The molecule has 1 atom stereocenters. The van der Waals surface area contributed by atoms with Crippen LogP contribution in [0.2, 0.25) is 5.02 Å². The maximum absolute atomic E-state index is 14.0. The maximum Gasteiger partial charge on any atom is 0.261 e. The van der Waals surface area contributed by atoms with E-state index in [1.807, 2.05) is 30.5 Å². The highest BCUT2D eigenvalue weighted by Gasteiger charge is 2.43. The summed E-state index contributed by atoms with van der Waals surface area (Å²) in [5.74, 6) is -0.492. The molecule has 186 valence electrons. The molecule has 1 amide bonds. The van der Waals surface area contributed by atoms with E-state index in [1.165, 1.54) is 25.3 Å². The van der Waals surface area contributed by atoms with Crippen LogP contribution in [0.15, 0.2) is 54.7 Å². The van der Waals surface area contributed by atoms with Crippen molar-refractivity contribution in [2.45, 2.75) is 25.9 Å². The van der Waals surface area contributed by atoms with Gasteiger partial charge in [-0.1, -0.05) is 23.7 Å². The molecule has 1 aliphatic rings. The Balaban J connectivity index is 1.78. The standard InChI is InChI=1S/C27H22ClFN6O2/c1-14(2)34-22(19-13-32-27(31)33-25(19)37-3)11-18-24(34)23(16-6-4-15(12-30)5-7-16)35(26(18)36)17-8-9-21(29)20(28)10-17/h4-11,13-14,23H,1-3H3,(H2,31,32,33)/t23-/m1/s1. The van der Waals surface area contributed by atoms with Gasteiger partial charge in [-0.25, -0.2) is 9.37 Å². The predicted molar refractivity (Wildman–Crippen MR) is 138 cm³/mol. The van der Waals surface area contributed by atoms with E-state index in [9.17, 15) is 14.4 Å². The Morgan fingerprint density at radius 2 is 1.89 bits per heavy atom. The predicted octanol–water partition coefficient (Wildman–Crippen LogP) is 5.53. The summed E-state index contributed by atoms with van der Waals surface area (Å²) >= 11 is 6.10. The van der Waals surface area contributed by atoms with E-state index in [1.54, 1.807) is 29.3 Å². The molecule has 2 aromatic carbocycles. The number of carbonyl (C=O) groups excluding carboxylic acids is 1. The van der Waals surface area contributed by atoms with Crippen LogP contribution < -0.4 is 15.4 Å². The Morgan fingerprint density at radius 3 is 2.51 bits per heavy atom. The first-order valence-electron chi connectivity index (χ1n) is 11.5. The second-order valence-corrected chi connectivity index (χ2v) is 9.26. The number of halogens is 2. The number of nitriles is 1. The van der Waals surface area contributed by atoms with Gasteiger partial charge in [-0.05, 0) is 55.8 Å². The van der Waals surface area contributed by atoms with E-state index in [0.29, 0.717) is 28.1 Å². The van der Waals surface area contributed by atoms with Crippen molar-refractivity contribution >= 4 is 29.1 Å². The van der Waals surface area contributed by atoms with Gasteiger partial charge in [0.2, 0.25) is 11.8 Å². The molecule has 0 aliphatic carbocycles. The minimum absolute atomic E-state index is 0.0710. The van der Waals surface area contributed by atoms with Crippen molar-refractivity contribution in [1.29, 1.82) is 5.26 Å². The SMILES string of the molecule is COc1nc(N)ncc1-c1cc2c(n1C(C)C)[C@@H](c1ccc(C#N)cc1)N(c1ccc(F)c(Cl)c1)C2=O. The fourth-order valence-corrected chi connectivity index (χ4v) is 4.96. The number of fused-ring (bicyclic) bond motifs is 1. The Labute approximate surface area is 217 Å².